The maximum atomic E-state index is 12.1. The zero-order valence-corrected chi connectivity index (χ0v) is 14.2. The van der Waals surface area contributed by atoms with E-state index in [-0.39, 0.29) is 5.91 Å². The van der Waals surface area contributed by atoms with Crippen molar-refractivity contribution in [2.24, 2.45) is 0 Å². The largest absolute Gasteiger partial charge is 0.497 e. The molecule has 0 aliphatic rings. The lowest BCUT2D eigenvalue weighted by Gasteiger charge is -2.12. The maximum absolute atomic E-state index is 12.1. The molecule has 1 amide bonds. The summed E-state index contributed by atoms with van der Waals surface area (Å²) in [7, 11) is 3.16. The summed E-state index contributed by atoms with van der Waals surface area (Å²) < 4.78 is 10.4. The highest BCUT2D eigenvalue weighted by molar-refractivity contribution is 5.92. The van der Waals surface area contributed by atoms with E-state index in [0.717, 1.165) is 13.0 Å². The van der Waals surface area contributed by atoms with Crippen molar-refractivity contribution < 1.29 is 14.3 Å². The Morgan fingerprint density at radius 1 is 1.00 bits per heavy atom. The first-order valence-electron chi connectivity index (χ1n) is 7.99. The molecule has 2 aromatic rings. The first-order chi connectivity index (χ1) is 11.7. The van der Waals surface area contributed by atoms with Crippen molar-refractivity contribution in [1.29, 1.82) is 0 Å². The predicted molar refractivity (Wildman–Crippen MR) is 95.8 cm³/mol. The summed E-state index contributed by atoms with van der Waals surface area (Å²) in [6.45, 7) is 1.48. The number of methoxy groups -OCH3 is 2. The number of amides is 1. The Labute approximate surface area is 143 Å². The predicted octanol–water partition coefficient (Wildman–Crippen LogP) is 2.86. The number of carbonyl (C=O) groups excluding carboxylic acids is 1. The molecule has 5 heteroatoms. The van der Waals surface area contributed by atoms with Crippen molar-refractivity contribution in [2.75, 3.05) is 32.6 Å². The molecule has 0 saturated heterocycles. The minimum absolute atomic E-state index is 0.0613. The summed E-state index contributed by atoms with van der Waals surface area (Å²) in [6, 6.07) is 15.6. The molecular weight excluding hydrogens is 304 g/mol. The highest BCUT2D eigenvalue weighted by atomic mass is 16.5. The van der Waals surface area contributed by atoms with E-state index >= 15 is 0 Å². The number of nitrogens with one attached hydrogen (secondary N) is 2. The Balaban J connectivity index is 1.73. The number of hydrogen-bond donors (Lipinski definition) is 2. The minimum atomic E-state index is -0.0613. The van der Waals surface area contributed by atoms with E-state index in [0.29, 0.717) is 30.2 Å². The van der Waals surface area contributed by atoms with E-state index in [1.807, 2.05) is 18.2 Å². The Morgan fingerprint density at radius 2 is 1.79 bits per heavy atom. The molecule has 2 aromatic carbocycles. The van der Waals surface area contributed by atoms with Crippen molar-refractivity contribution in [3.8, 4) is 11.5 Å². The third-order valence-corrected chi connectivity index (χ3v) is 3.64. The molecule has 0 aromatic heterocycles. The number of ether oxygens (including phenoxy) is 2. The normalized spacial score (nSPS) is 10.2. The molecule has 0 fully saturated rings. The molecule has 2 N–H and O–H groups in total. The average molecular weight is 328 g/mol. The van der Waals surface area contributed by atoms with Crippen LogP contribution in [0.2, 0.25) is 0 Å². The first kappa shape index (κ1) is 17.8. The molecule has 0 radical (unpaired) electrons. The van der Waals surface area contributed by atoms with Crippen LogP contribution < -0.4 is 20.1 Å². The molecule has 5 nitrogen and oxygen atoms in total. The third-order valence-electron chi connectivity index (χ3n) is 3.64. The molecule has 2 rings (SSSR count). The molecule has 0 bridgehead atoms. The van der Waals surface area contributed by atoms with Crippen molar-refractivity contribution in [3.63, 3.8) is 0 Å². The van der Waals surface area contributed by atoms with Crippen molar-refractivity contribution in [2.45, 2.75) is 12.8 Å². The molecule has 128 valence electrons. The molecule has 0 unspecified atom stereocenters. The Morgan fingerprint density at radius 3 is 2.50 bits per heavy atom. The third kappa shape index (κ3) is 5.59. The van der Waals surface area contributed by atoms with E-state index in [2.05, 4.69) is 22.8 Å². The number of hydrogen-bond acceptors (Lipinski definition) is 4. The van der Waals surface area contributed by atoms with Crippen LogP contribution in [0.1, 0.15) is 12.0 Å². The molecule has 0 atom stereocenters. The minimum Gasteiger partial charge on any atom is -0.497 e. The van der Waals surface area contributed by atoms with Gasteiger partial charge in [0, 0.05) is 19.0 Å². The topological polar surface area (TPSA) is 59.6 Å². The summed E-state index contributed by atoms with van der Waals surface area (Å²) in [4.78, 5) is 12.1. The molecule has 0 aliphatic carbocycles. The van der Waals surface area contributed by atoms with Crippen molar-refractivity contribution in [1.82, 2.24) is 5.32 Å². The molecule has 0 saturated carbocycles. The molecule has 0 spiro atoms. The number of rotatable bonds is 9. The van der Waals surface area contributed by atoms with Crippen LogP contribution in [-0.2, 0) is 11.2 Å². The van der Waals surface area contributed by atoms with Gasteiger partial charge in [-0.1, -0.05) is 30.3 Å². The molecular formula is C19H24N2O3. The van der Waals surface area contributed by atoms with Gasteiger partial charge in [-0.15, -0.1) is 0 Å². The monoisotopic (exact) mass is 328 g/mol. The van der Waals surface area contributed by atoms with Crippen molar-refractivity contribution >= 4 is 11.6 Å². The number of carbonyl (C=O) groups is 1. The van der Waals surface area contributed by atoms with Gasteiger partial charge in [-0.05, 0) is 30.7 Å². The Hall–Kier alpha value is -2.53. The Kier molecular flexibility index (Phi) is 7.11. The summed E-state index contributed by atoms with van der Waals surface area (Å²) in [5.74, 6) is 1.22. The van der Waals surface area contributed by atoms with Gasteiger partial charge in [0.05, 0.1) is 19.9 Å². The van der Waals surface area contributed by atoms with Gasteiger partial charge in [-0.3, -0.25) is 4.79 Å². The number of benzene rings is 2. The SMILES string of the molecule is COc1ccc(OC)c(NC(=O)CCNCCc2ccccc2)c1. The summed E-state index contributed by atoms with van der Waals surface area (Å²) >= 11 is 0. The van der Waals surface area contributed by atoms with Gasteiger partial charge in [-0.25, -0.2) is 0 Å². The Bertz CT molecular complexity index is 644. The van der Waals surface area contributed by atoms with Gasteiger partial charge >= 0.3 is 0 Å². The zero-order chi connectivity index (χ0) is 17.2. The van der Waals surface area contributed by atoms with Gasteiger partial charge < -0.3 is 20.1 Å². The van der Waals surface area contributed by atoms with E-state index in [1.54, 1.807) is 32.4 Å². The molecule has 0 aliphatic heterocycles. The van der Waals surface area contributed by atoms with Crippen LogP contribution in [0, 0.1) is 0 Å². The molecule has 0 heterocycles. The van der Waals surface area contributed by atoms with E-state index in [9.17, 15) is 4.79 Å². The smallest absolute Gasteiger partial charge is 0.225 e. The van der Waals surface area contributed by atoms with E-state index < -0.39 is 0 Å². The quantitative estimate of drug-likeness (QED) is 0.695. The maximum Gasteiger partial charge on any atom is 0.225 e. The van der Waals surface area contributed by atoms with Gasteiger partial charge in [0.25, 0.3) is 0 Å². The fourth-order valence-corrected chi connectivity index (χ4v) is 2.33. The van der Waals surface area contributed by atoms with E-state index in [4.69, 9.17) is 9.47 Å². The second-order valence-corrected chi connectivity index (χ2v) is 5.35. The number of anilines is 1. The van der Waals surface area contributed by atoms with Crippen LogP contribution in [0.15, 0.2) is 48.5 Å². The highest BCUT2D eigenvalue weighted by Gasteiger charge is 2.08. The van der Waals surface area contributed by atoms with Crippen LogP contribution >= 0.6 is 0 Å². The standard InChI is InChI=1S/C19H24N2O3/c1-23-16-8-9-18(24-2)17(14-16)21-19(22)11-13-20-12-10-15-6-4-3-5-7-15/h3-9,14,20H,10-13H2,1-2H3,(H,21,22). The van der Waals surface area contributed by atoms with Gasteiger partial charge in [0.2, 0.25) is 5.91 Å². The van der Waals surface area contributed by atoms with Crippen LogP contribution in [0.3, 0.4) is 0 Å². The second-order valence-electron chi connectivity index (χ2n) is 5.35. The van der Waals surface area contributed by atoms with Gasteiger partial charge in [-0.2, -0.15) is 0 Å². The second kappa shape index (κ2) is 9.57. The van der Waals surface area contributed by atoms with E-state index in [1.165, 1.54) is 5.56 Å². The van der Waals surface area contributed by atoms with Gasteiger partial charge in [0.15, 0.2) is 0 Å². The highest BCUT2D eigenvalue weighted by Crippen LogP contribution is 2.28. The molecule has 24 heavy (non-hydrogen) atoms. The van der Waals surface area contributed by atoms with Crippen LogP contribution in [-0.4, -0.2) is 33.2 Å². The summed E-state index contributed by atoms with van der Waals surface area (Å²) in [6.07, 6.45) is 1.35. The lowest BCUT2D eigenvalue weighted by Crippen LogP contribution is -2.23. The van der Waals surface area contributed by atoms with Gasteiger partial charge in [0.1, 0.15) is 11.5 Å². The first-order valence-corrected chi connectivity index (χ1v) is 7.99. The summed E-state index contributed by atoms with van der Waals surface area (Å²) in [5, 5.41) is 6.15. The fraction of sp³-hybridized carbons (Fsp3) is 0.316. The van der Waals surface area contributed by atoms with Crippen molar-refractivity contribution in [3.05, 3.63) is 54.1 Å². The zero-order valence-electron chi connectivity index (χ0n) is 14.2. The van der Waals surface area contributed by atoms with Crippen LogP contribution in [0.5, 0.6) is 11.5 Å². The lowest BCUT2D eigenvalue weighted by molar-refractivity contribution is -0.116. The average Bonchev–Trinajstić information content (AvgIpc) is 2.62. The lowest BCUT2D eigenvalue weighted by atomic mass is 10.1. The van der Waals surface area contributed by atoms with Crippen LogP contribution in [0.4, 0.5) is 5.69 Å². The fourth-order valence-electron chi connectivity index (χ4n) is 2.33. The summed E-state index contributed by atoms with van der Waals surface area (Å²) in [5.41, 5.74) is 1.90. The van der Waals surface area contributed by atoms with Crippen LogP contribution in [0.25, 0.3) is 0 Å².